The molecular weight excluding hydrogens is 330 g/mol. The molecule has 0 aliphatic carbocycles. The molecule has 0 atom stereocenters. The third-order valence-electron chi connectivity index (χ3n) is 2.61. The van der Waals surface area contributed by atoms with E-state index in [0.717, 1.165) is 15.8 Å². The number of rotatable bonds is 4. The van der Waals surface area contributed by atoms with Crippen molar-refractivity contribution in [2.24, 2.45) is 5.73 Å². The number of hydrogen-bond donors (Lipinski definition) is 1. The third kappa shape index (κ3) is 3.41. The summed E-state index contributed by atoms with van der Waals surface area (Å²) in [6.07, 6.45) is 0. The van der Waals surface area contributed by atoms with Gasteiger partial charge in [-0.3, -0.25) is 0 Å². The van der Waals surface area contributed by atoms with Crippen molar-refractivity contribution in [2.45, 2.75) is 6.54 Å². The molecule has 19 heavy (non-hydrogen) atoms. The van der Waals surface area contributed by atoms with E-state index >= 15 is 0 Å². The zero-order chi connectivity index (χ0) is 13.8. The van der Waals surface area contributed by atoms with Gasteiger partial charge in [0.25, 0.3) is 0 Å². The first-order valence-corrected chi connectivity index (χ1v) is 6.81. The van der Waals surface area contributed by atoms with Crippen molar-refractivity contribution in [3.05, 3.63) is 51.5 Å². The molecule has 100 valence electrons. The minimum absolute atomic E-state index is 0.393. The highest BCUT2D eigenvalue weighted by Gasteiger charge is 2.08. The molecule has 2 rings (SSSR count). The van der Waals surface area contributed by atoms with Crippen LogP contribution < -0.4 is 15.2 Å². The molecule has 0 saturated carbocycles. The number of methoxy groups -OCH3 is 1. The van der Waals surface area contributed by atoms with Crippen LogP contribution in [0, 0.1) is 0 Å². The average molecular weight is 343 g/mol. The van der Waals surface area contributed by atoms with Crippen LogP contribution in [0.4, 0.5) is 0 Å². The first-order valence-electron chi connectivity index (χ1n) is 5.64. The van der Waals surface area contributed by atoms with E-state index in [1.807, 2.05) is 18.2 Å². The van der Waals surface area contributed by atoms with Gasteiger partial charge >= 0.3 is 0 Å². The van der Waals surface area contributed by atoms with Crippen LogP contribution in [-0.2, 0) is 6.54 Å². The maximum atomic E-state index is 5.90. The van der Waals surface area contributed by atoms with Gasteiger partial charge in [-0.25, -0.2) is 0 Å². The van der Waals surface area contributed by atoms with Crippen LogP contribution in [0.3, 0.4) is 0 Å². The van der Waals surface area contributed by atoms with E-state index in [9.17, 15) is 0 Å². The van der Waals surface area contributed by atoms with Crippen molar-refractivity contribution in [3.8, 4) is 17.2 Å². The van der Waals surface area contributed by atoms with E-state index in [2.05, 4.69) is 15.9 Å². The second kappa shape index (κ2) is 6.28. The van der Waals surface area contributed by atoms with Gasteiger partial charge in [-0.2, -0.15) is 0 Å². The number of benzene rings is 2. The van der Waals surface area contributed by atoms with Crippen LogP contribution >= 0.6 is 27.5 Å². The zero-order valence-corrected chi connectivity index (χ0v) is 12.7. The lowest BCUT2D eigenvalue weighted by Crippen LogP contribution is -2.00. The van der Waals surface area contributed by atoms with E-state index in [1.165, 1.54) is 0 Å². The first kappa shape index (κ1) is 14.2. The van der Waals surface area contributed by atoms with Crippen molar-refractivity contribution < 1.29 is 9.47 Å². The Hall–Kier alpha value is -1.23. The molecule has 0 unspecified atom stereocenters. The summed E-state index contributed by atoms with van der Waals surface area (Å²) < 4.78 is 11.8. The van der Waals surface area contributed by atoms with Gasteiger partial charge in [0.2, 0.25) is 0 Å². The number of hydrogen-bond acceptors (Lipinski definition) is 3. The van der Waals surface area contributed by atoms with Crippen LogP contribution in [0.1, 0.15) is 5.56 Å². The Kier molecular flexibility index (Phi) is 4.69. The molecule has 0 bridgehead atoms. The smallest absolute Gasteiger partial charge is 0.141 e. The molecule has 0 heterocycles. The molecular formula is C14H13BrClNO2. The highest BCUT2D eigenvalue weighted by atomic mass is 79.9. The topological polar surface area (TPSA) is 44.5 Å². The molecule has 0 saturated heterocycles. The van der Waals surface area contributed by atoms with Crippen LogP contribution in [-0.4, -0.2) is 7.11 Å². The molecule has 5 heteroatoms. The maximum absolute atomic E-state index is 5.90. The fraction of sp³-hybridized carbons (Fsp3) is 0.143. The number of nitrogens with two attached hydrogens (primary N) is 1. The highest BCUT2D eigenvalue weighted by Crippen LogP contribution is 2.34. The molecule has 0 amide bonds. The molecule has 0 radical (unpaired) electrons. The molecule has 0 aromatic heterocycles. The molecule has 2 N–H and O–H groups in total. The minimum atomic E-state index is 0.393. The van der Waals surface area contributed by atoms with E-state index in [4.69, 9.17) is 26.8 Å². The van der Waals surface area contributed by atoms with Gasteiger partial charge in [-0.1, -0.05) is 17.7 Å². The lowest BCUT2D eigenvalue weighted by atomic mass is 10.2. The molecule has 0 fully saturated rings. The summed E-state index contributed by atoms with van der Waals surface area (Å²) in [6.45, 7) is 0.393. The Labute approximate surface area is 125 Å². The second-order valence-electron chi connectivity index (χ2n) is 3.85. The summed E-state index contributed by atoms with van der Waals surface area (Å²) in [5.41, 5.74) is 6.61. The van der Waals surface area contributed by atoms with Gasteiger partial charge in [0.15, 0.2) is 0 Å². The lowest BCUT2D eigenvalue weighted by Gasteiger charge is -2.13. The maximum Gasteiger partial charge on any atom is 0.141 e. The standard InChI is InChI=1S/C14H13BrClNO2/c1-18-11-4-2-9(8-17)14(7-11)19-13-5-3-10(16)6-12(13)15/h2-7H,8,17H2,1H3. The average Bonchev–Trinajstić information content (AvgIpc) is 2.41. The number of halogens is 2. The zero-order valence-electron chi connectivity index (χ0n) is 10.3. The van der Waals surface area contributed by atoms with Crippen molar-refractivity contribution in [1.82, 2.24) is 0 Å². The predicted molar refractivity (Wildman–Crippen MR) is 80.1 cm³/mol. The Morgan fingerprint density at radius 2 is 1.95 bits per heavy atom. The fourth-order valence-electron chi connectivity index (χ4n) is 1.60. The van der Waals surface area contributed by atoms with Crippen molar-refractivity contribution in [3.63, 3.8) is 0 Å². The monoisotopic (exact) mass is 341 g/mol. The summed E-state index contributed by atoms with van der Waals surface area (Å²) in [4.78, 5) is 0. The Morgan fingerprint density at radius 1 is 1.16 bits per heavy atom. The van der Waals surface area contributed by atoms with Crippen molar-refractivity contribution >= 4 is 27.5 Å². The molecule has 0 aliphatic rings. The van der Waals surface area contributed by atoms with E-state index in [-0.39, 0.29) is 0 Å². The SMILES string of the molecule is COc1ccc(CN)c(Oc2ccc(Cl)cc2Br)c1. The fourth-order valence-corrected chi connectivity index (χ4v) is 2.37. The van der Waals surface area contributed by atoms with E-state index in [0.29, 0.717) is 23.1 Å². The normalized spacial score (nSPS) is 10.3. The summed E-state index contributed by atoms with van der Waals surface area (Å²) >= 11 is 9.32. The molecule has 2 aromatic rings. The van der Waals surface area contributed by atoms with Gasteiger partial charge < -0.3 is 15.2 Å². The van der Waals surface area contributed by atoms with Gasteiger partial charge in [-0.05, 0) is 40.2 Å². The highest BCUT2D eigenvalue weighted by molar-refractivity contribution is 9.10. The summed E-state index contributed by atoms with van der Waals surface area (Å²) in [5, 5.41) is 0.643. The second-order valence-corrected chi connectivity index (χ2v) is 5.15. The van der Waals surface area contributed by atoms with Gasteiger partial charge in [0, 0.05) is 23.2 Å². The molecule has 0 aliphatic heterocycles. The Morgan fingerprint density at radius 3 is 2.58 bits per heavy atom. The van der Waals surface area contributed by atoms with Crippen molar-refractivity contribution in [2.75, 3.05) is 7.11 Å². The molecule has 0 spiro atoms. The third-order valence-corrected chi connectivity index (χ3v) is 3.46. The van der Waals surface area contributed by atoms with Gasteiger partial charge in [-0.15, -0.1) is 0 Å². The first-order chi connectivity index (χ1) is 9.13. The Bertz CT molecular complexity index is 590. The number of ether oxygens (including phenoxy) is 2. The van der Waals surface area contributed by atoms with Crippen molar-refractivity contribution in [1.29, 1.82) is 0 Å². The van der Waals surface area contributed by atoms with E-state index < -0.39 is 0 Å². The van der Waals surface area contributed by atoms with Crippen LogP contribution in [0.15, 0.2) is 40.9 Å². The molecule has 2 aromatic carbocycles. The lowest BCUT2D eigenvalue weighted by molar-refractivity contribution is 0.408. The Balaban J connectivity index is 2.36. The van der Waals surface area contributed by atoms with Crippen LogP contribution in [0.2, 0.25) is 5.02 Å². The quantitative estimate of drug-likeness (QED) is 0.897. The molecule has 3 nitrogen and oxygen atoms in total. The minimum Gasteiger partial charge on any atom is -0.497 e. The predicted octanol–water partition coefficient (Wildman–Crippen LogP) is 4.36. The van der Waals surface area contributed by atoms with Crippen LogP contribution in [0.25, 0.3) is 0 Å². The summed E-state index contributed by atoms with van der Waals surface area (Å²) in [6, 6.07) is 10.9. The van der Waals surface area contributed by atoms with Gasteiger partial charge in [0.05, 0.1) is 11.6 Å². The van der Waals surface area contributed by atoms with E-state index in [1.54, 1.807) is 25.3 Å². The summed E-state index contributed by atoms with van der Waals surface area (Å²) in [7, 11) is 1.61. The largest absolute Gasteiger partial charge is 0.497 e. The van der Waals surface area contributed by atoms with Crippen LogP contribution in [0.5, 0.6) is 17.2 Å². The summed E-state index contributed by atoms with van der Waals surface area (Å²) in [5.74, 6) is 2.06. The van der Waals surface area contributed by atoms with Gasteiger partial charge in [0.1, 0.15) is 17.2 Å².